The van der Waals surface area contributed by atoms with Gasteiger partial charge in [-0.05, 0) is 101 Å². The second-order valence-corrected chi connectivity index (χ2v) is 12.9. The van der Waals surface area contributed by atoms with Crippen LogP contribution in [0.1, 0.15) is 43.4 Å². The Morgan fingerprint density at radius 2 is 1.73 bits per heavy atom. The van der Waals surface area contributed by atoms with Gasteiger partial charge in [-0.3, -0.25) is 14.5 Å². The summed E-state index contributed by atoms with van der Waals surface area (Å²) >= 11 is 4.20. The van der Waals surface area contributed by atoms with Crippen molar-refractivity contribution in [2.45, 2.75) is 38.5 Å². The van der Waals surface area contributed by atoms with Crippen molar-refractivity contribution in [3.63, 3.8) is 0 Å². The van der Waals surface area contributed by atoms with E-state index in [0.29, 0.717) is 10.0 Å². The molecule has 1 fully saturated rings. The zero-order valence-corrected chi connectivity index (χ0v) is 26.3. The Labute approximate surface area is 252 Å². The highest BCUT2D eigenvalue weighted by Gasteiger charge is 2.35. The maximum absolute atomic E-state index is 13.1. The van der Waals surface area contributed by atoms with Crippen LogP contribution in [0.5, 0.6) is 17.2 Å². The Morgan fingerprint density at radius 3 is 2.41 bits per heavy atom. The van der Waals surface area contributed by atoms with E-state index in [0.717, 1.165) is 33.5 Å². The predicted octanol–water partition coefficient (Wildman–Crippen LogP) is 7.16. The molecule has 41 heavy (non-hydrogen) atoms. The van der Waals surface area contributed by atoms with E-state index in [1.54, 1.807) is 43.3 Å². The molecule has 0 unspecified atom stereocenters. The minimum atomic E-state index is -4.12. The first kappa shape index (κ1) is 30.7. The zero-order valence-electron chi connectivity index (χ0n) is 23.0. The number of benzene rings is 3. The molecule has 0 radical (unpaired) electrons. The topological polar surface area (TPSA) is 99.2 Å². The van der Waals surface area contributed by atoms with Gasteiger partial charge in [0.2, 0.25) is 0 Å². The molecule has 3 aromatic carbocycles. The monoisotopic (exact) mass is 659 g/mol. The van der Waals surface area contributed by atoms with E-state index in [-0.39, 0.29) is 47.0 Å². The summed E-state index contributed by atoms with van der Waals surface area (Å²) in [5.74, 6) is 0.724. The number of carbonyl (C=O) groups is 2. The number of aryl methyl sites for hydroxylation is 1. The quantitative estimate of drug-likeness (QED) is 0.158. The summed E-state index contributed by atoms with van der Waals surface area (Å²) in [6.45, 7) is 8.40. The van der Waals surface area contributed by atoms with Gasteiger partial charge in [0.1, 0.15) is 17.3 Å². The van der Waals surface area contributed by atoms with E-state index in [9.17, 15) is 18.0 Å². The Bertz CT molecular complexity index is 1590. The van der Waals surface area contributed by atoms with E-state index in [1.165, 1.54) is 12.1 Å². The summed E-state index contributed by atoms with van der Waals surface area (Å²) in [5.41, 5.74) is 2.64. The number of thioether (sulfide) groups is 1. The van der Waals surface area contributed by atoms with Crippen molar-refractivity contribution in [3.8, 4) is 17.2 Å². The van der Waals surface area contributed by atoms with Gasteiger partial charge in [0, 0.05) is 0 Å². The van der Waals surface area contributed by atoms with E-state index >= 15 is 0 Å². The van der Waals surface area contributed by atoms with Crippen LogP contribution in [0.15, 0.2) is 74.9 Å². The van der Waals surface area contributed by atoms with Crippen LogP contribution in [0.4, 0.5) is 4.79 Å². The normalized spacial score (nSPS) is 14.7. The van der Waals surface area contributed by atoms with Gasteiger partial charge in [0.05, 0.1) is 22.5 Å². The van der Waals surface area contributed by atoms with Crippen LogP contribution >= 0.6 is 27.7 Å². The first-order chi connectivity index (χ1) is 19.5. The van der Waals surface area contributed by atoms with Crippen molar-refractivity contribution >= 4 is 55.0 Å². The van der Waals surface area contributed by atoms with E-state index in [4.69, 9.17) is 13.7 Å². The number of rotatable bonds is 11. The molecule has 3 aromatic rings. The lowest BCUT2D eigenvalue weighted by Gasteiger charge is -2.17. The Morgan fingerprint density at radius 1 is 1.00 bits per heavy atom. The number of carbonyl (C=O) groups excluding carboxylic acids is 2. The average molecular weight is 661 g/mol. The fourth-order valence-corrected chi connectivity index (χ4v) is 6.59. The van der Waals surface area contributed by atoms with Gasteiger partial charge in [-0.2, -0.15) is 8.42 Å². The van der Waals surface area contributed by atoms with Crippen LogP contribution in [0.2, 0.25) is 0 Å². The third-order valence-corrected chi connectivity index (χ3v) is 8.82. The fourth-order valence-electron chi connectivity index (χ4n) is 4.09. The lowest BCUT2D eigenvalue weighted by molar-refractivity contribution is -0.123. The molecule has 0 saturated carbocycles. The summed E-state index contributed by atoms with van der Waals surface area (Å²) in [5, 5.41) is -0.392. The minimum absolute atomic E-state index is 0.00101. The molecule has 1 heterocycles. The van der Waals surface area contributed by atoms with Crippen LogP contribution in [0.25, 0.3) is 6.08 Å². The van der Waals surface area contributed by atoms with Crippen LogP contribution in [0, 0.1) is 6.92 Å². The molecule has 1 aliphatic heterocycles. The van der Waals surface area contributed by atoms with E-state index in [1.807, 2.05) is 25.1 Å². The number of halogens is 1. The SMILES string of the molecule is CCOc1cc(/C=C2\SC(=O)N(CCOc3cc(C)ccc3C(C)C)C2=O)cc(Br)c1OS(=O)(=O)c1ccccc1. The highest BCUT2D eigenvalue weighted by atomic mass is 79.9. The molecule has 1 saturated heterocycles. The Balaban J connectivity index is 1.51. The largest absolute Gasteiger partial charge is 0.491 e. The molecule has 2 amide bonds. The molecule has 0 aromatic heterocycles. The molecule has 0 spiro atoms. The molecule has 0 N–H and O–H groups in total. The van der Waals surface area contributed by atoms with Gasteiger partial charge in [0.25, 0.3) is 11.1 Å². The van der Waals surface area contributed by atoms with Gasteiger partial charge < -0.3 is 13.7 Å². The van der Waals surface area contributed by atoms with Crippen molar-refractivity contribution in [2.24, 2.45) is 0 Å². The summed E-state index contributed by atoms with van der Waals surface area (Å²) in [6, 6.07) is 16.9. The lowest BCUT2D eigenvalue weighted by atomic mass is 10.0. The van der Waals surface area contributed by atoms with Crippen molar-refractivity contribution in [2.75, 3.05) is 19.8 Å². The van der Waals surface area contributed by atoms with Gasteiger partial charge in [0.15, 0.2) is 11.5 Å². The first-order valence-electron chi connectivity index (χ1n) is 12.9. The molecular weight excluding hydrogens is 630 g/mol. The van der Waals surface area contributed by atoms with E-state index in [2.05, 4.69) is 29.8 Å². The second kappa shape index (κ2) is 13.1. The zero-order chi connectivity index (χ0) is 29.7. The number of imide groups is 1. The molecule has 4 rings (SSSR count). The molecule has 8 nitrogen and oxygen atoms in total. The highest BCUT2D eigenvalue weighted by molar-refractivity contribution is 9.10. The van der Waals surface area contributed by atoms with Gasteiger partial charge in [-0.1, -0.05) is 44.2 Å². The standard InChI is InChI=1S/C30H30BrNO7S2/c1-5-37-26-17-21(16-24(31)28(26)39-41(35,36)22-9-7-6-8-10-22)18-27-29(33)32(30(34)40-27)13-14-38-25-15-20(4)11-12-23(25)19(2)3/h6-12,15-19H,5,13-14H2,1-4H3/b27-18-. The van der Waals surface area contributed by atoms with Crippen LogP contribution in [0.3, 0.4) is 0 Å². The molecule has 11 heteroatoms. The van der Waals surface area contributed by atoms with E-state index < -0.39 is 21.3 Å². The fraction of sp³-hybridized carbons (Fsp3) is 0.267. The molecule has 216 valence electrons. The number of amides is 2. The lowest BCUT2D eigenvalue weighted by Crippen LogP contribution is -2.32. The molecule has 0 aliphatic carbocycles. The predicted molar refractivity (Wildman–Crippen MR) is 163 cm³/mol. The first-order valence-corrected chi connectivity index (χ1v) is 16.0. The van der Waals surface area contributed by atoms with Gasteiger partial charge in [-0.15, -0.1) is 0 Å². The van der Waals surface area contributed by atoms with Crippen molar-refractivity contribution in [3.05, 3.63) is 86.7 Å². The minimum Gasteiger partial charge on any atom is -0.491 e. The molecule has 1 aliphatic rings. The maximum atomic E-state index is 13.1. The third kappa shape index (κ3) is 7.33. The summed E-state index contributed by atoms with van der Waals surface area (Å²) in [7, 11) is -4.12. The number of ether oxygens (including phenoxy) is 2. The van der Waals surface area contributed by atoms with Gasteiger partial charge in [-0.25, -0.2) is 0 Å². The molecule has 0 bridgehead atoms. The van der Waals surface area contributed by atoms with Crippen molar-refractivity contribution < 1.29 is 31.7 Å². The molecular formula is C30H30BrNO7S2. The van der Waals surface area contributed by atoms with Crippen molar-refractivity contribution in [1.82, 2.24) is 4.90 Å². The van der Waals surface area contributed by atoms with Crippen LogP contribution in [-0.2, 0) is 14.9 Å². The summed E-state index contributed by atoms with van der Waals surface area (Å²) in [4.78, 5) is 27.2. The third-order valence-electron chi connectivity index (χ3n) is 6.09. The maximum Gasteiger partial charge on any atom is 0.339 e. The summed E-state index contributed by atoms with van der Waals surface area (Å²) < 4.78 is 43.0. The van der Waals surface area contributed by atoms with Crippen molar-refractivity contribution in [1.29, 1.82) is 0 Å². The number of hydrogen-bond donors (Lipinski definition) is 0. The second-order valence-electron chi connectivity index (χ2n) is 9.49. The summed E-state index contributed by atoms with van der Waals surface area (Å²) in [6.07, 6.45) is 1.56. The Hall–Kier alpha value is -3.28. The molecule has 0 atom stereocenters. The highest BCUT2D eigenvalue weighted by Crippen LogP contribution is 2.40. The number of nitrogens with zero attached hydrogens (tertiary/aromatic N) is 1. The smallest absolute Gasteiger partial charge is 0.339 e. The Kier molecular flexibility index (Phi) is 9.83. The van der Waals surface area contributed by atoms with Gasteiger partial charge >= 0.3 is 10.1 Å². The van der Waals surface area contributed by atoms with Crippen LogP contribution in [-0.4, -0.2) is 44.2 Å². The van der Waals surface area contributed by atoms with Crippen LogP contribution < -0.4 is 13.7 Å². The number of hydrogen-bond acceptors (Lipinski definition) is 8. The average Bonchev–Trinajstić information content (AvgIpc) is 3.18.